The fourth-order valence-corrected chi connectivity index (χ4v) is 2.75. The van der Waals surface area contributed by atoms with Crippen molar-refractivity contribution in [3.05, 3.63) is 29.3 Å². The smallest absolute Gasteiger partial charge is 0.237 e. The predicted molar refractivity (Wildman–Crippen MR) is 79.6 cm³/mol. The molecule has 1 amide bonds. The first-order chi connectivity index (χ1) is 10.5. The van der Waals surface area contributed by atoms with Crippen LogP contribution in [-0.2, 0) is 11.3 Å². The molecule has 1 N–H and O–H groups in total. The van der Waals surface area contributed by atoms with Gasteiger partial charge in [-0.15, -0.1) is 0 Å². The van der Waals surface area contributed by atoms with Crippen molar-refractivity contribution in [2.75, 3.05) is 20.7 Å². The Kier molecular flexibility index (Phi) is 5.71. The lowest BCUT2D eigenvalue weighted by molar-refractivity contribution is -0.126. The van der Waals surface area contributed by atoms with Gasteiger partial charge < -0.3 is 10.1 Å². The van der Waals surface area contributed by atoms with Gasteiger partial charge in [0, 0.05) is 12.1 Å². The predicted octanol–water partition coefficient (Wildman–Crippen LogP) is 2.46. The third-order valence-corrected chi connectivity index (χ3v) is 4.12. The fraction of sp³-hybridized carbons (Fsp3) is 0.562. The van der Waals surface area contributed by atoms with E-state index < -0.39 is 11.6 Å². The highest BCUT2D eigenvalue weighted by Crippen LogP contribution is 2.22. The molecule has 0 bridgehead atoms. The van der Waals surface area contributed by atoms with Crippen LogP contribution >= 0.6 is 0 Å². The van der Waals surface area contributed by atoms with Gasteiger partial charge >= 0.3 is 0 Å². The van der Waals surface area contributed by atoms with Crippen LogP contribution in [0.2, 0.25) is 0 Å². The highest BCUT2D eigenvalue weighted by Gasteiger charge is 2.24. The molecule has 0 unspecified atom stereocenters. The molecule has 0 spiro atoms. The number of nitrogens with zero attached hydrogens (tertiary/aromatic N) is 1. The Labute approximate surface area is 129 Å². The Morgan fingerprint density at radius 3 is 2.82 bits per heavy atom. The summed E-state index contributed by atoms with van der Waals surface area (Å²) in [4.78, 5) is 14.3. The zero-order valence-corrected chi connectivity index (χ0v) is 13.0. The topological polar surface area (TPSA) is 41.6 Å². The van der Waals surface area contributed by atoms with Gasteiger partial charge in [-0.3, -0.25) is 9.69 Å². The van der Waals surface area contributed by atoms with Crippen molar-refractivity contribution < 1.29 is 18.3 Å². The lowest BCUT2D eigenvalue weighted by Gasteiger charge is -2.24. The molecule has 0 radical (unpaired) electrons. The Morgan fingerprint density at radius 1 is 1.32 bits per heavy atom. The lowest BCUT2D eigenvalue weighted by Crippen LogP contribution is -2.44. The molecule has 22 heavy (non-hydrogen) atoms. The molecular formula is C16H22F2N2O2. The molecule has 1 atom stereocenters. The van der Waals surface area contributed by atoms with Crippen molar-refractivity contribution in [1.82, 2.24) is 10.2 Å². The molecule has 1 saturated heterocycles. The van der Waals surface area contributed by atoms with Crippen LogP contribution in [0.4, 0.5) is 8.78 Å². The lowest BCUT2D eigenvalue weighted by atomic mass is 10.1. The largest absolute Gasteiger partial charge is 0.494 e. The average molecular weight is 312 g/mol. The van der Waals surface area contributed by atoms with Gasteiger partial charge in [0.1, 0.15) is 0 Å². The van der Waals surface area contributed by atoms with Gasteiger partial charge in [0.05, 0.1) is 13.2 Å². The quantitative estimate of drug-likeness (QED) is 0.928. The molecule has 0 saturated carbocycles. The maximum Gasteiger partial charge on any atom is 0.237 e. The summed E-state index contributed by atoms with van der Waals surface area (Å²) in [6.07, 6.45) is 4.00. The number of hydrogen-bond acceptors (Lipinski definition) is 3. The van der Waals surface area contributed by atoms with Crippen LogP contribution in [0.1, 0.15) is 31.2 Å². The summed E-state index contributed by atoms with van der Waals surface area (Å²) in [5.41, 5.74) is 0.114. The number of likely N-dealkylation sites (tertiary alicyclic amines) is 1. The molecule has 1 heterocycles. The average Bonchev–Trinajstić information content (AvgIpc) is 2.73. The molecule has 0 aliphatic carbocycles. The number of halogens is 2. The van der Waals surface area contributed by atoms with E-state index in [0.717, 1.165) is 32.2 Å². The molecular weight excluding hydrogens is 290 g/mol. The second-order valence-electron chi connectivity index (χ2n) is 5.62. The summed E-state index contributed by atoms with van der Waals surface area (Å²) in [6.45, 7) is 0.847. The number of carbonyl (C=O) groups excluding carboxylic acids is 1. The summed E-state index contributed by atoms with van der Waals surface area (Å²) < 4.78 is 32.2. The minimum Gasteiger partial charge on any atom is -0.494 e. The van der Waals surface area contributed by atoms with E-state index in [2.05, 4.69) is 5.32 Å². The SMILES string of the molecule is COc1ccc(CNC(=O)[C@H]2CCCCCN2C)c(F)c1F. The summed E-state index contributed by atoms with van der Waals surface area (Å²) >= 11 is 0. The second kappa shape index (κ2) is 7.54. The fourth-order valence-electron chi connectivity index (χ4n) is 2.75. The van der Waals surface area contributed by atoms with Gasteiger partial charge in [-0.05, 0) is 32.5 Å². The molecule has 122 valence electrons. The maximum atomic E-state index is 13.9. The monoisotopic (exact) mass is 312 g/mol. The third-order valence-electron chi connectivity index (χ3n) is 4.12. The molecule has 0 aromatic heterocycles. The molecule has 2 rings (SSSR count). The number of amides is 1. The normalized spacial score (nSPS) is 19.5. The van der Waals surface area contributed by atoms with Crippen molar-refractivity contribution >= 4 is 5.91 Å². The van der Waals surface area contributed by atoms with Crippen LogP contribution in [0, 0.1) is 11.6 Å². The van der Waals surface area contributed by atoms with Crippen LogP contribution in [0.15, 0.2) is 12.1 Å². The zero-order valence-electron chi connectivity index (χ0n) is 13.0. The molecule has 1 fully saturated rings. The number of benzene rings is 1. The van der Waals surface area contributed by atoms with Crippen molar-refractivity contribution in [1.29, 1.82) is 0 Å². The van der Waals surface area contributed by atoms with Gasteiger partial charge in [-0.25, -0.2) is 4.39 Å². The van der Waals surface area contributed by atoms with Crippen molar-refractivity contribution in [3.8, 4) is 5.75 Å². The summed E-state index contributed by atoms with van der Waals surface area (Å²) in [5, 5.41) is 2.70. The first-order valence-electron chi connectivity index (χ1n) is 7.53. The van der Waals surface area contributed by atoms with Gasteiger partial charge in [-0.1, -0.05) is 18.9 Å². The van der Waals surface area contributed by atoms with Gasteiger partial charge in [0.2, 0.25) is 11.7 Å². The van der Waals surface area contributed by atoms with Gasteiger partial charge in [-0.2, -0.15) is 4.39 Å². The van der Waals surface area contributed by atoms with E-state index in [1.165, 1.54) is 19.2 Å². The van der Waals surface area contributed by atoms with E-state index in [-0.39, 0.29) is 29.8 Å². The van der Waals surface area contributed by atoms with Crippen molar-refractivity contribution in [2.24, 2.45) is 0 Å². The molecule has 4 nitrogen and oxygen atoms in total. The molecule has 6 heteroatoms. The van der Waals surface area contributed by atoms with Crippen molar-refractivity contribution in [2.45, 2.75) is 38.3 Å². The van der Waals surface area contributed by atoms with Gasteiger partial charge in [0.15, 0.2) is 11.6 Å². The summed E-state index contributed by atoms with van der Waals surface area (Å²) in [7, 11) is 3.20. The number of hydrogen-bond donors (Lipinski definition) is 1. The Balaban J connectivity index is 2.00. The van der Waals surface area contributed by atoms with Crippen LogP contribution < -0.4 is 10.1 Å². The standard InChI is InChI=1S/C16H22F2N2O2/c1-20-9-5-3-4-6-12(20)16(21)19-10-11-7-8-13(22-2)15(18)14(11)17/h7-8,12H,3-6,9-10H2,1-2H3,(H,19,21)/t12-/m1/s1. The van der Waals surface area contributed by atoms with Crippen LogP contribution in [0.3, 0.4) is 0 Å². The second-order valence-corrected chi connectivity index (χ2v) is 5.62. The summed E-state index contributed by atoms with van der Waals surface area (Å²) in [5.74, 6) is -2.29. The third kappa shape index (κ3) is 3.74. The Hall–Kier alpha value is -1.69. The molecule has 1 aromatic rings. The number of nitrogens with one attached hydrogen (secondary N) is 1. The van der Waals surface area contributed by atoms with E-state index in [0.29, 0.717) is 0 Å². The molecule has 1 aliphatic heterocycles. The van der Waals surface area contributed by atoms with E-state index in [1.807, 2.05) is 11.9 Å². The van der Waals surface area contributed by atoms with Crippen LogP contribution in [0.25, 0.3) is 0 Å². The Morgan fingerprint density at radius 2 is 2.09 bits per heavy atom. The molecule has 1 aromatic carbocycles. The first kappa shape index (κ1) is 16.7. The van der Waals surface area contributed by atoms with Crippen molar-refractivity contribution in [3.63, 3.8) is 0 Å². The first-order valence-corrected chi connectivity index (χ1v) is 7.53. The van der Waals surface area contributed by atoms with Crippen LogP contribution in [0.5, 0.6) is 5.75 Å². The number of ether oxygens (including phenoxy) is 1. The zero-order chi connectivity index (χ0) is 16.1. The van der Waals surface area contributed by atoms with E-state index >= 15 is 0 Å². The van der Waals surface area contributed by atoms with E-state index in [4.69, 9.17) is 4.74 Å². The Bertz CT molecular complexity index is 537. The minimum atomic E-state index is -1.03. The maximum absolute atomic E-state index is 13.9. The van der Waals surface area contributed by atoms with Crippen LogP contribution in [-0.4, -0.2) is 37.6 Å². The number of rotatable bonds is 4. The molecule has 1 aliphatic rings. The highest BCUT2D eigenvalue weighted by atomic mass is 19.2. The van der Waals surface area contributed by atoms with E-state index in [9.17, 15) is 13.6 Å². The number of likely N-dealkylation sites (N-methyl/N-ethyl adjacent to an activating group) is 1. The number of carbonyl (C=O) groups is 1. The minimum absolute atomic E-state index is 0.0318. The van der Waals surface area contributed by atoms with E-state index in [1.54, 1.807) is 0 Å². The number of methoxy groups -OCH3 is 1. The highest BCUT2D eigenvalue weighted by molar-refractivity contribution is 5.81. The van der Waals surface area contributed by atoms with Gasteiger partial charge in [0.25, 0.3) is 0 Å². The summed E-state index contributed by atoms with van der Waals surface area (Å²) in [6, 6.07) is 2.58.